The lowest BCUT2D eigenvalue weighted by atomic mass is 10.1. The molecule has 24 heavy (non-hydrogen) atoms. The van der Waals surface area contributed by atoms with Crippen LogP contribution in [0.1, 0.15) is 25.8 Å². The lowest BCUT2D eigenvalue weighted by Crippen LogP contribution is -2.42. The molecule has 0 unspecified atom stereocenters. The molecule has 1 heterocycles. The van der Waals surface area contributed by atoms with Crippen molar-refractivity contribution in [1.82, 2.24) is 4.90 Å². The first-order valence-electron chi connectivity index (χ1n) is 8.34. The molecule has 0 N–H and O–H groups in total. The third-order valence-corrected chi connectivity index (χ3v) is 6.94. The number of ether oxygens (including phenoxy) is 1. The van der Waals surface area contributed by atoms with Crippen LogP contribution in [0.5, 0.6) is 5.75 Å². The molecule has 1 aliphatic rings. The summed E-state index contributed by atoms with van der Waals surface area (Å²) in [7, 11) is 0.506. The molecule has 2 rings (SSSR count). The Balaban J connectivity index is 1.84. The van der Waals surface area contributed by atoms with Gasteiger partial charge < -0.3 is 9.64 Å². The van der Waals surface area contributed by atoms with Crippen molar-refractivity contribution in [3.8, 4) is 5.75 Å². The zero-order valence-corrected chi connectivity index (χ0v) is 15.3. The summed E-state index contributed by atoms with van der Waals surface area (Å²) in [6.45, 7) is 8.67. The summed E-state index contributed by atoms with van der Waals surface area (Å²) in [4.78, 5) is 25.0. The molecular weight excluding hydrogens is 322 g/mol. The van der Waals surface area contributed by atoms with E-state index in [1.165, 1.54) is 17.9 Å². The number of esters is 1. The van der Waals surface area contributed by atoms with Gasteiger partial charge in [-0.15, -0.1) is 0 Å². The SMILES string of the molecule is C=CC(=O)Oc1ccc(CN(CC[S+]2CC(CC)C2)C(C)=O)cc1. The van der Waals surface area contributed by atoms with Crippen LogP contribution in [0.3, 0.4) is 0 Å². The van der Waals surface area contributed by atoms with Gasteiger partial charge in [0.2, 0.25) is 5.91 Å². The number of carbonyl (C=O) groups is 2. The van der Waals surface area contributed by atoms with Gasteiger partial charge >= 0.3 is 5.97 Å². The van der Waals surface area contributed by atoms with Crippen molar-refractivity contribution in [3.05, 3.63) is 42.5 Å². The molecular formula is C19H26NO3S+. The van der Waals surface area contributed by atoms with Crippen LogP contribution in [-0.4, -0.2) is 40.6 Å². The molecule has 0 radical (unpaired) electrons. The topological polar surface area (TPSA) is 46.6 Å². The van der Waals surface area contributed by atoms with Crippen molar-refractivity contribution < 1.29 is 14.3 Å². The molecule has 1 aromatic carbocycles. The predicted octanol–water partition coefficient (Wildman–Crippen LogP) is 2.78. The molecule has 0 bridgehead atoms. The van der Waals surface area contributed by atoms with Crippen molar-refractivity contribution in [2.45, 2.75) is 26.8 Å². The fourth-order valence-electron chi connectivity index (χ4n) is 2.65. The van der Waals surface area contributed by atoms with Crippen LogP contribution in [-0.2, 0) is 27.0 Å². The molecule has 1 saturated heterocycles. The van der Waals surface area contributed by atoms with E-state index in [1.54, 1.807) is 19.1 Å². The van der Waals surface area contributed by atoms with Gasteiger partial charge in [0.15, 0.2) is 0 Å². The summed E-state index contributed by atoms with van der Waals surface area (Å²) in [6.07, 6.45) is 2.42. The number of hydrogen-bond acceptors (Lipinski definition) is 3. The summed E-state index contributed by atoms with van der Waals surface area (Å²) in [6, 6.07) is 7.27. The predicted molar refractivity (Wildman–Crippen MR) is 99.1 cm³/mol. The van der Waals surface area contributed by atoms with Gasteiger partial charge in [-0.25, -0.2) is 4.79 Å². The molecule has 1 amide bonds. The fourth-order valence-corrected chi connectivity index (χ4v) is 5.17. The van der Waals surface area contributed by atoms with E-state index in [0.717, 1.165) is 29.9 Å². The molecule has 130 valence electrons. The summed E-state index contributed by atoms with van der Waals surface area (Å²) in [5.74, 6) is 4.82. The quantitative estimate of drug-likeness (QED) is 0.314. The molecule has 4 nitrogen and oxygen atoms in total. The number of benzene rings is 1. The average Bonchev–Trinajstić information content (AvgIpc) is 2.53. The van der Waals surface area contributed by atoms with Gasteiger partial charge in [0.25, 0.3) is 0 Å². The van der Waals surface area contributed by atoms with Gasteiger partial charge in [-0.05, 0) is 35.0 Å². The zero-order chi connectivity index (χ0) is 17.5. The Labute approximate surface area is 147 Å². The maximum Gasteiger partial charge on any atom is 0.335 e. The lowest BCUT2D eigenvalue weighted by Gasteiger charge is -2.28. The van der Waals surface area contributed by atoms with Crippen LogP contribution >= 0.6 is 0 Å². The number of hydrogen-bond donors (Lipinski definition) is 0. The molecule has 0 saturated carbocycles. The van der Waals surface area contributed by atoms with Crippen LogP contribution in [0.15, 0.2) is 36.9 Å². The first-order chi connectivity index (χ1) is 11.5. The molecule has 5 heteroatoms. The summed E-state index contributed by atoms with van der Waals surface area (Å²) < 4.78 is 5.06. The van der Waals surface area contributed by atoms with E-state index in [9.17, 15) is 9.59 Å². The van der Waals surface area contributed by atoms with E-state index < -0.39 is 5.97 Å². The number of carbonyl (C=O) groups excluding carboxylic acids is 2. The highest BCUT2D eigenvalue weighted by Crippen LogP contribution is 2.24. The second kappa shape index (κ2) is 8.92. The largest absolute Gasteiger partial charge is 0.423 e. The summed E-state index contributed by atoms with van der Waals surface area (Å²) >= 11 is 0. The van der Waals surface area contributed by atoms with Gasteiger partial charge in [0, 0.05) is 25.5 Å². The average molecular weight is 348 g/mol. The van der Waals surface area contributed by atoms with E-state index in [-0.39, 0.29) is 5.91 Å². The minimum absolute atomic E-state index is 0.105. The molecule has 1 aromatic rings. The van der Waals surface area contributed by atoms with E-state index in [2.05, 4.69) is 13.5 Å². The van der Waals surface area contributed by atoms with E-state index in [0.29, 0.717) is 23.2 Å². The first-order valence-corrected chi connectivity index (χ1v) is 10.1. The molecule has 0 aromatic heterocycles. The van der Waals surface area contributed by atoms with Crippen molar-refractivity contribution in [3.63, 3.8) is 0 Å². The van der Waals surface area contributed by atoms with E-state index in [4.69, 9.17) is 4.74 Å². The highest BCUT2D eigenvalue weighted by Gasteiger charge is 2.37. The smallest absolute Gasteiger partial charge is 0.335 e. The normalized spacial score (nSPS) is 19.2. The zero-order valence-electron chi connectivity index (χ0n) is 14.5. The van der Waals surface area contributed by atoms with Gasteiger partial charge in [-0.3, -0.25) is 4.79 Å². The first kappa shape index (κ1) is 18.6. The van der Waals surface area contributed by atoms with Crippen LogP contribution in [0.2, 0.25) is 0 Å². The van der Waals surface area contributed by atoms with Crippen molar-refractivity contribution >= 4 is 22.8 Å². The number of amides is 1. The third-order valence-electron chi connectivity index (χ3n) is 4.30. The van der Waals surface area contributed by atoms with Crippen molar-refractivity contribution in [2.75, 3.05) is 23.8 Å². The number of rotatable bonds is 8. The van der Waals surface area contributed by atoms with Crippen molar-refractivity contribution in [1.29, 1.82) is 0 Å². The van der Waals surface area contributed by atoms with Gasteiger partial charge in [-0.2, -0.15) is 0 Å². The van der Waals surface area contributed by atoms with Crippen molar-refractivity contribution in [2.24, 2.45) is 5.92 Å². The molecule has 0 atom stereocenters. The van der Waals surface area contributed by atoms with Crippen LogP contribution in [0, 0.1) is 5.92 Å². The standard InChI is InChI=1S/C19H26NO3S/c1-4-16-13-24(14-16)11-10-20(15(3)21)12-17-6-8-18(9-7-17)23-19(22)5-2/h5-9,16H,2,4,10-14H2,1,3H3/q+1. The Morgan fingerprint density at radius 2 is 2.00 bits per heavy atom. The summed E-state index contributed by atoms with van der Waals surface area (Å²) in [5.41, 5.74) is 1.03. The number of nitrogens with zero attached hydrogens (tertiary/aromatic N) is 1. The van der Waals surface area contributed by atoms with Gasteiger partial charge in [0.1, 0.15) is 23.0 Å². The Morgan fingerprint density at radius 3 is 2.54 bits per heavy atom. The maximum absolute atomic E-state index is 11.9. The Kier molecular flexibility index (Phi) is 6.91. The molecule has 1 fully saturated rings. The Hall–Kier alpha value is -1.75. The maximum atomic E-state index is 11.9. The molecule has 0 spiro atoms. The second-order valence-electron chi connectivity index (χ2n) is 6.13. The summed E-state index contributed by atoms with van der Waals surface area (Å²) in [5, 5.41) is 0. The third kappa shape index (κ3) is 5.41. The van der Waals surface area contributed by atoms with Crippen LogP contribution in [0.4, 0.5) is 0 Å². The fraction of sp³-hybridized carbons (Fsp3) is 0.474. The minimum Gasteiger partial charge on any atom is -0.423 e. The minimum atomic E-state index is -0.472. The van der Waals surface area contributed by atoms with E-state index in [1.807, 2.05) is 17.0 Å². The van der Waals surface area contributed by atoms with Gasteiger partial charge in [-0.1, -0.05) is 25.6 Å². The molecule has 0 aliphatic carbocycles. The lowest BCUT2D eigenvalue weighted by molar-refractivity contribution is -0.129. The van der Waals surface area contributed by atoms with Gasteiger partial charge in [0.05, 0.1) is 6.54 Å². The van der Waals surface area contributed by atoms with Crippen LogP contribution < -0.4 is 4.74 Å². The second-order valence-corrected chi connectivity index (χ2v) is 8.43. The Morgan fingerprint density at radius 1 is 1.33 bits per heavy atom. The van der Waals surface area contributed by atoms with E-state index >= 15 is 0 Å². The Bertz CT molecular complexity index is 579. The van der Waals surface area contributed by atoms with Crippen LogP contribution in [0.25, 0.3) is 0 Å². The molecule has 1 aliphatic heterocycles. The highest BCUT2D eigenvalue weighted by atomic mass is 32.2. The monoisotopic (exact) mass is 348 g/mol. The highest BCUT2D eigenvalue weighted by molar-refractivity contribution is 7.98.